The molecule has 0 fully saturated rings. The minimum Gasteiger partial charge on any atom is -0.456 e. The monoisotopic (exact) mass is 576 g/mol. The minimum absolute atomic E-state index is 0.192. The predicted octanol–water partition coefficient (Wildman–Crippen LogP) is 11.4. The lowest BCUT2D eigenvalue weighted by atomic mass is 9.89. The van der Waals surface area contributed by atoms with Crippen LogP contribution in [0.15, 0.2) is 167 Å². The van der Waals surface area contributed by atoms with Gasteiger partial charge in [-0.15, -0.1) is 0 Å². The van der Waals surface area contributed by atoms with Crippen LogP contribution in [0.5, 0.6) is 0 Å². The van der Waals surface area contributed by atoms with E-state index in [1.165, 1.54) is 16.3 Å². The van der Waals surface area contributed by atoms with Gasteiger partial charge in [0, 0.05) is 10.8 Å². The van der Waals surface area contributed by atoms with Gasteiger partial charge in [0.1, 0.15) is 11.2 Å². The lowest BCUT2D eigenvalue weighted by Crippen LogP contribution is -2.25. The quantitative estimate of drug-likeness (QED) is 0.226. The number of nitrogens with one attached hydrogen (secondary N) is 1. The summed E-state index contributed by atoms with van der Waals surface area (Å²) in [6.07, 6.45) is 0. The van der Waals surface area contributed by atoms with E-state index in [-0.39, 0.29) is 6.04 Å². The normalized spacial score (nSPS) is 14.3. The largest absolute Gasteiger partial charge is 0.456 e. The van der Waals surface area contributed by atoms with Crippen molar-refractivity contribution in [3.05, 3.63) is 169 Å². The van der Waals surface area contributed by atoms with E-state index in [0.717, 1.165) is 66.8 Å². The van der Waals surface area contributed by atoms with E-state index in [1.54, 1.807) is 0 Å². The summed E-state index contributed by atoms with van der Waals surface area (Å²) < 4.78 is 6.55. The molecule has 8 aromatic rings. The van der Waals surface area contributed by atoms with Crippen LogP contribution in [-0.2, 0) is 0 Å². The molecule has 0 aliphatic carbocycles. The number of rotatable bonds is 4. The Morgan fingerprint density at radius 3 is 2.20 bits per heavy atom. The Morgan fingerprint density at radius 1 is 0.511 bits per heavy atom. The molecule has 0 radical (unpaired) electrons. The molecule has 1 unspecified atom stereocenters. The van der Waals surface area contributed by atoms with Gasteiger partial charge < -0.3 is 9.73 Å². The number of benzene rings is 7. The molecular weight excluding hydrogens is 548 g/mol. The van der Waals surface area contributed by atoms with Crippen molar-refractivity contribution in [1.29, 1.82) is 0 Å². The Morgan fingerprint density at radius 2 is 1.27 bits per heavy atom. The van der Waals surface area contributed by atoms with Gasteiger partial charge in [-0.2, -0.15) is 0 Å². The maximum atomic E-state index is 6.55. The molecule has 3 nitrogen and oxygen atoms in total. The van der Waals surface area contributed by atoms with Crippen molar-refractivity contribution in [3.8, 4) is 22.3 Å². The van der Waals surface area contributed by atoms with E-state index in [9.17, 15) is 0 Å². The molecule has 0 spiro atoms. The van der Waals surface area contributed by atoms with Crippen molar-refractivity contribution < 1.29 is 4.42 Å². The van der Waals surface area contributed by atoms with Crippen LogP contribution in [0.4, 0.5) is 11.4 Å². The Labute approximate surface area is 261 Å². The van der Waals surface area contributed by atoms with Crippen LogP contribution >= 0.6 is 0 Å². The maximum Gasteiger partial charge on any atom is 0.136 e. The van der Waals surface area contributed by atoms with Crippen LogP contribution in [0.2, 0.25) is 0 Å². The second-order valence-electron chi connectivity index (χ2n) is 11.6. The van der Waals surface area contributed by atoms with Crippen LogP contribution in [0.3, 0.4) is 0 Å². The molecule has 0 amide bonds. The first kappa shape index (κ1) is 25.6. The van der Waals surface area contributed by atoms with Crippen molar-refractivity contribution in [2.45, 2.75) is 6.04 Å². The molecule has 1 aliphatic rings. The zero-order chi connectivity index (χ0) is 29.7. The predicted molar refractivity (Wildman–Crippen MR) is 188 cm³/mol. The van der Waals surface area contributed by atoms with Crippen molar-refractivity contribution in [2.75, 3.05) is 5.32 Å². The van der Waals surface area contributed by atoms with Crippen LogP contribution in [0.25, 0.3) is 55.0 Å². The Kier molecular flexibility index (Phi) is 5.88. The third-order valence-corrected chi connectivity index (χ3v) is 8.88. The first-order valence-electron chi connectivity index (χ1n) is 15.3. The minimum atomic E-state index is -0.192. The lowest BCUT2D eigenvalue weighted by Gasteiger charge is -2.28. The van der Waals surface area contributed by atoms with Gasteiger partial charge in [-0.25, -0.2) is 4.99 Å². The van der Waals surface area contributed by atoms with E-state index in [1.807, 2.05) is 12.1 Å². The number of hydrogen-bond donors (Lipinski definition) is 1. The van der Waals surface area contributed by atoms with E-state index >= 15 is 0 Å². The number of aliphatic imine (C=N–C) groups is 1. The summed E-state index contributed by atoms with van der Waals surface area (Å²) in [7, 11) is 0. The molecule has 212 valence electrons. The molecule has 2 heterocycles. The van der Waals surface area contributed by atoms with Gasteiger partial charge in [0.15, 0.2) is 0 Å². The van der Waals surface area contributed by atoms with Crippen LogP contribution < -0.4 is 5.32 Å². The molecule has 7 aromatic carbocycles. The fourth-order valence-corrected chi connectivity index (χ4v) is 6.70. The van der Waals surface area contributed by atoms with Gasteiger partial charge in [0.05, 0.1) is 23.1 Å². The van der Waals surface area contributed by atoms with Crippen LogP contribution in [0.1, 0.15) is 17.2 Å². The number of para-hydroxylation sites is 3. The second-order valence-corrected chi connectivity index (χ2v) is 11.6. The molecule has 0 saturated heterocycles. The SMILES string of the molecule is c1ccc(-c2cccc(C3=Nc4ccccc4NC3c3cc(-c4ccc5ccccc5c4)c4c(c3)oc3ccccc34)c2)cc1. The summed E-state index contributed by atoms with van der Waals surface area (Å²) in [4.78, 5) is 5.30. The molecule has 1 aliphatic heterocycles. The number of hydrogen-bond acceptors (Lipinski definition) is 3. The van der Waals surface area contributed by atoms with Gasteiger partial charge >= 0.3 is 0 Å². The van der Waals surface area contributed by atoms with Gasteiger partial charge in [-0.05, 0) is 86.6 Å². The molecule has 3 heteroatoms. The molecule has 0 bridgehead atoms. The fourth-order valence-electron chi connectivity index (χ4n) is 6.70. The molecule has 1 aromatic heterocycles. The molecule has 45 heavy (non-hydrogen) atoms. The Bertz CT molecular complexity index is 2420. The van der Waals surface area contributed by atoms with Crippen molar-refractivity contribution in [3.63, 3.8) is 0 Å². The van der Waals surface area contributed by atoms with E-state index in [2.05, 4.69) is 151 Å². The third kappa shape index (κ3) is 4.40. The third-order valence-electron chi connectivity index (χ3n) is 8.88. The highest BCUT2D eigenvalue weighted by molar-refractivity contribution is 6.15. The maximum absolute atomic E-state index is 6.55. The van der Waals surface area contributed by atoms with Gasteiger partial charge in [-0.1, -0.05) is 115 Å². The van der Waals surface area contributed by atoms with E-state index in [0.29, 0.717) is 0 Å². The molecule has 1 atom stereocenters. The van der Waals surface area contributed by atoms with Crippen molar-refractivity contribution >= 4 is 49.8 Å². The summed E-state index contributed by atoms with van der Waals surface area (Å²) in [5.41, 5.74) is 11.5. The zero-order valence-corrected chi connectivity index (χ0v) is 24.4. The summed E-state index contributed by atoms with van der Waals surface area (Å²) in [5, 5.41) is 8.54. The molecular formula is C42H28N2O. The summed E-state index contributed by atoms with van der Waals surface area (Å²) >= 11 is 0. The first-order valence-corrected chi connectivity index (χ1v) is 15.3. The van der Waals surface area contributed by atoms with Crippen molar-refractivity contribution in [2.24, 2.45) is 4.99 Å². The number of fused-ring (bicyclic) bond motifs is 5. The van der Waals surface area contributed by atoms with E-state index in [4.69, 9.17) is 9.41 Å². The zero-order valence-electron chi connectivity index (χ0n) is 24.4. The Balaban J connectivity index is 1.27. The summed E-state index contributed by atoms with van der Waals surface area (Å²) in [6, 6.07) is 55.4. The average Bonchev–Trinajstić information content (AvgIpc) is 3.49. The van der Waals surface area contributed by atoms with Crippen LogP contribution in [-0.4, -0.2) is 5.71 Å². The second kappa shape index (κ2) is 10.4. The Hall–Kier alpha value is -5.93. The van der Waals surface area contributed by atoms with E-state index < -0.39 is 0 Å². The topological polar surface area (TPSA) is 37.5 Å². The highest BCUT2D eigenvalue weighted by Gasteiger charge is 2.28. The molecule has 1 N–H and O–H groups in total. The van der Waals surface area contributed by atoms with Gasteiger partial charge in [0.25, 0.3) is 0 Å². The van der Waals surface area contributed by atoms with Gasteiger partial charge in [0.2, 0.25) is 0 Å². The van der Waals surface area contributed by atoms with Crippen LogP contribution in [0, 0.1) is 0 Å². The molecule has 0 saturated carbocycles. The van der Waals surface area contributed by atoms with Gasteiger partial charge in [-0.3, -0.25) is 0 Å². The molecule has 9 rings (SSSR count). The summed E-state index contributed by atoms with van der Waals surface area (Å²) in [5.74, 6) is 0. The number of nitrogens with zero attached hydrogens (tertiary/aromatic N) is 1. The number of anilines is 1. The smallest absolute Gasteiger partial charge is 0.136 e. The number of furan rings is 1. The standard InChI is InChI=1S/C42H28N2O/c1-2-11-27(12-3-1)30-15-10-16-32(24-30)41-42(44-37-19-8-7-18-36(37)43-41)33-25-35(31-22-21-28-13-4-5-14-29(28)23-31)40-34-17-6-9-20-38(34)45-39(40)26-33/h1-26,42,44H. The highest BCUT2D eigenvalue weighted by atomic mass is 16.3. The first-order chi connectivity index (χ1) is 22.3. The average molecular weight is 577 g/mol. The summed E-state index contributed by atoms with van der Waals surface area (Å²) in [6.45, 7) is 0. The highest BCUT2D eigenvalue weighted by Crippen LogP contribution is 2.43. The van der Waals surface area contributed by atoms with Crippen molar-refractivity contribution in [1.82, 2.24) is 0 Å². The fraction of sp³-hybridized carbons (Fsp3) is 0.0238. The lowest BCUT2D eigenvalue weighted by molar-refractivity contribution is 0.668.